The predicted molar refractivity (Wildman–Crippen MR) is 77.0 cm³/mol. The Labute approximate surface area is 114 Å². The molecule has 0 atom stereocenters. The Hall–Kier alpha value is -1.81. The first-order chi connectivity index (χ1) is 9.28. The molecule has 0 bridgehead atoms. The monoisotopic (exact) mass is 256 g/mol. The van der Waals surface area contributed by atoms with Crippen LogP contribution in [0.25, 0.3) is 0 Å². The van der Waals surface area contributed by atoms with Gasteiger partial charge in [0, 0.05) is 45.7 Å². The lowest BCUT2D eigenvalue weighted by Crippen LogP contribution is -2.30. The van der Waals surface area contributed by atoms with E-state index >= 15 is 0 Å². The third-order valence-corrected chi connectivity index (χ3v) is 3.76. The topological polar surface area (TPSA) is 33.1 Å². The molecule has 1 aromatic heterocycles. The number of rotatable bonds is 3. The number of anilines is 1. The average molecular weight is 256 g/mol. The number of hydrogen-bond acceptors (Lipinski definition) is 3. The van der Waals surface area contributed by atoms with Crippen LogP contribution in [-0.2, 0) is 26.6 Å². The molecular weight excluding hydrogens is 236 g/mol. The van der Waals surface area contributed by atoms with Gasteiger partial charge in [-0.25, -0.2) is 0 Å². The molecule has 0 fully saturated rings. The molecule has 1 aliphatic rings. The van der Waals surface area contributed by atoms with E-state index in [2.05, 4.69) is 45.6 Å². The molecule has 19 heavy (non-hydrogen) atoms. The Bertz CT molecular complexity index is 559. The zero-order valence-corrected chi connectivity index (χ0v) is 11.6. The van der Waals surface area contributed by atoms with Gasteiger partial charge in [-0.3, -0.25) is 9.58 Å². The van der Waals surface area contributed by atoms with Crippen molar-refractivity contribution in [2.75, 3.05) is 18.9 Å². The highest BCUT2D eigenvalue weighted by molar-refractivity contribution is 5.48. The van der Waals surface area contributed by atoms with Gasteiger partial charge in [-0.1, -0.05) is 30.3 Å². The molecule has 1 N–H and O–H groups in total. The summed E-state index contributed by atoms with van der Waals surface area (Å²) in [6.45, 7) is 3.08. The SMILES string of the molecule is CNc1c2c(nn1C)CCN(Cc1ccccc1)C2. The van der Waals surface area contributed by atoms with Gasteiger partial charge in [-0.2, -0.15) is 5.10 Å². The van der Waals surface area contributed by atoms with Gasteiger partial charge in [-0.15, -0.1) is 0 Å². The smallest absolute Gasteiger partial charge is 0.128 e. The molecule has 100 valence electrons. The van der Waals surface area contributed by atoms with Crippen LogP contribution in [-0.4, -0.2) is 28.3 Å². The fourth-order valence-corrected chi connectivity index (χ4v) is 2.85. The number of nitrogens with one attached hydrogen (secondary N) is 1. The van der Waals surface area contributed by atoms with Crippen molar-refractivity contribution < 1.29 is 0 Å². The van der Waals surface area contributed by atoms with Crippen molar-refractivity contribution in [3.63, 3.8) is 0 Å². The molecule has 0 aliphatic carbocycles. The van der Waals surface area contributed by atoms with Crippen LogP contribution >= 0.6 is 0 Å². The third-order valence-electron chi connectivity index (χ3n) is 3.76. The second kappa shape index (κ2) is 5.05. The van der Waals surface area contributed by atoms with Crippen LogP contribution in [0.3, 0.4) is 0 Å². The predicted octanol–water partition coefficient (Wildman–Crippen LogP) is 2.02. The van der Waals surface area contributed by atoms with E-state index in [0.717, 1.165) is 31.9 Å². The maximum absolute atomic E-state index is 4.59. The van der Waals surface area contributed by atoms with Crippen LogP contribution in [0.5, 0.6) is 0 Å². The highest BCUT2D eigenvalue weighted by Crippen LogP contribution is 2.26. The number of aromatic nitrogens is 2. The molecule has 4 nitrogen and oxygen atoms in total. The van der Waals surface area contributed by atoms with Crippen molar-refractivity contribution in [3.8, 4) is 0 Å². The van der Waals surface area contributed by atoms with Gasteiger partial charge in [-0.05, 0) is 5.56 Å². The van der Waals surface area contributed by atoms with E-state index in [1.165, 1.54) is 16.8 Å². The first-order valence-electron chi connectivity index (χ1n) is 6.76. The summed E-state index contributed by atoms with van der Waals surface area (Å²) in [6.07, 6.45) is 1.04. The van der Waals surface area contributed by atoms with Crippen LogP contribution in [0.4, 0.5) is 5.82 Å². The van der Waals surface area contributed by atoms with Crippen molar-refractivity contribution in [3.05, 3.63) is 47.2 Å². The second-order valence-corrected chi connectivity index (χ2v) is 5.09. The lowest BCUT2D eigenvalue weighted by Gasteiger charge is -2.26. The van der Waals surface area contributed by atoms with Crippen LogP contribution in [0.15, 0.2) is 30.3 Å². The van der Waals surface area contributed by atoms with Crippen molar-refractivity contribution in [2.45, 2.75) is 19.5 Å². The van der Waals surface area contributed by atoms with E-state index < -0.39 is 0 Å². The van der Waals surface area contributed by atoms with Crippen LogP contribution in [0, 0.1) is 0 Å². The van der Waals surface area contributed by atoms with Gasteiger partial charge >= 0.3 is 0 Å². The molecule has 2 aromatic rings. The quantitative estimate of drug-likeness (QED) is 0.912. The van der Waals surface area contributed by atoms with Crippen molar-refractivity contribution in [1.29, 1.82) is 0 Å². The lowest BCUT2D eigenvalue weighted by molar-refractivity contribution is 0.245. The van der Waals surface area contributed by atoms with Gasteiger partial charge in [0.15, 0.2) is 0 Å². The van der Waals surface area contributed by atoms with Gasteiger partial charge in [0.05, 0.1) is 5.69 Å². The number of nitrogens with zero attached hydrogens (tertiary/aromatic N) is 3. The van der Waals surface area contributed by atoms with Crippen LogP contribution in [0.1, 0.15) is 16.8 Å². The number of hydrogen-bond donors (Lipinski definition) is 1. The maximum atomic E-state index is 4.59. The summed E-state index contributed by atoms with van der Waals surface area (Å²) < 4.78 is 1.96. The lowest BCUT2D eigenvalue weighted by atomic mass is 10.1. The van der Waals surface area contributed by atoms with Gasteiger partial charge in [0.2, 0.25) is 0 Å². The largest absolute Gasteiger partial charge is 0.373 e. The highest BCUT2D eigenvalue weighted by atomic mass is 15.3. The van der Waals surface area contributed by atoms with Gasteiger partial charge in [0.25, 0.3) is 0 Å². The molecule has 0 saturated heterocycles. The molecule has 1 aromatic carbocycles. The van der Waals surface area contributed by atoms with E-state index in [0.29, 0.717) is 0 Å². The Kier molecular flexibility index (Phi) is 3.25. The molecule has 0 amide bonds. The highest BCUT2D eigenvalue weighted by Gasteiger charge is 2.23. The summed E-state index contributed by atoms with van der Waals surface area (Å²) in [6, 6.07) is 10.7. The van der Waals surface area contributed by atoms with Crippen molar-refractivity contribution in [1.82, 2.24) is 14.7 Å². The zero-order chi connectivity index (χ0) is 13.2. The standard InChI is InChI=1S/C15H20N4/c1-16-15-13-11-19(9-8-14(13)17-18(15)2)10-12-6-4-3-5-7-12/h3-7,16H,8-11H2,1-2H3. The molecule has 0 radical (unpaired) electrons. The number of aryl methyl sites for hydroxylation is 1. The minimum absolute atomic E-state index is 0.980. The third kappa shape index (κ3) is 2.36. The zero-order valence-electron chi connectivity index (χ0n) is 11.6. The first kappa shape index (κ1) is 12.2. The van der Waals surface area contributed by atoms with Crippen LogP contribution in [0.2, 0.25) is 0 Å². The van der Waals surface area contributed by atoms with Gasteiger partial charge < -0.3 is 5.32 Å². The molecule has 3 rings (SSSR count). The molecule has 4 heteroatoms. The average Bonchev–Trinajstić information content (AvgIpc) is 2.74. The number of benzene rings is 1. The molecular formula is C15H20N4. The summed E-state index contributed by atoms with van der Waals surface area (Å²) >= 11 is 0. The summed E-state index contributed by atoms with van der Waals surface area (Å²) in [4.78, 5) is 2.49. The van der Waals surface area contributed by atoms with E-state index in [1.807, 2.05) is 18.8 Å². The van der Waals surface area contributed by atoms with Crippen LogP contribution < -0.4 is 5.32 Å². The summed E-state index contributed by atoms with van der Waals surface area (Å²) in [5.41, 5.74) is 3.98. The minimum Gasteiger partial charge on any atom is -0.373 e. The maximum Gasteiger partial charge on any atom is 0.128 e. The number of fused-ring (bicyclic) bond motifs is 1. The van der Waals surface area contributed by atoms with E-state index in [4.69, 9.17) is 0 Å². The Balaban J connectivity index is 1.78. The molecule has 0 spiro atoms. The van der Waals surface area contributed by atoms with Crippen molar-refractivity contribution >= 4 is 5.82 Å². The molecule has 0 unspecified atom stereocenters. The fraction of sp³-hybridized carbons (Fsp3) is 0.400. The van der Waals surface area contributed by atoms with Gasteiger partial charge in [0.1, 0.15) is 5.82 Å². The van der Waals surface area contributed by atoms with E-state index in [9.17, 15) is 0 Å². The molecule has 2 heterocycles. The minimum atomic E-state index is 0.980. The summed E-state index contributed by atoms with van der Waals surface area (Å²) in [7, 11) is 3.97. The van der Waals surface area contributed by atoms with E-state index in [1.54, 1.807) is 0 Å². The normalized spacial score (nSPS) is 15.3. The Morgan fingerprint density at radius 2 is 2.05 bits per heavy atom. The molecule has 0 saturated carbocycles. The molecule has 1 aliphatic heterocycles. The fourth-order valence-electron chi connectivity index (χ4n) is 2.85. The summed E-state index contributed by atoms with van der Waals surface area (Å²) in [5, 5.41) is 7.85. The summed E-state index contributed by atoms with van der Waals surface area (Å²) in [5.74, 6) is 1.15. The van der Waals surface area contributed by atoms with E-state index in [-0.39, 0.29) is 0 Å². The Morgan fingerprint density at radius 1 is 1.26 bits per heavy atom. The first-order valence-corrected chi connectivity index (χ1v) is 6.76. The second-order valence-electron chi connectivity index (χ2n) is 5.09. The van der Waals surface area contributed by atoms with Crippen molar-refractivity contribution in [2.24, 2.45) is 7.05 Å². The Morgan fingerprint density at radius 3 is 2.79 bits per heavy atom.